The monoisotopic (exact) mass is 263 g/mol. The lowest BCUT2D eigenvalue weighted by atomic mass is 10.0. The molecular formula is C18H14FN. The Morgan fingerprint density at radius 2 is 1.35 bits per heavy atom. The van der Waals surface area contributed by atoms with Crippen molar-refractivity contribution in [2.45, 2.75) is 0 Å². The molecule has 0 amide bonds. The van der Waals surface area contributed by atoms with E-state index in [0.717, 1.165) is 22.0 Å². The van der Waals surface area contributed by atoms with Gasteiger partial charge >= 0.3 is 0 Å². The summed E-state index contributed by atoms with van der Waals surface area (Å²) in [7, 11) is 0. The van der Waals surface area contributed by atoms with Crippen LogP contribution in [-0.4, -0.2) is 0 Å². The minimum atomic E-state index is -0.219. The number of rotatable bonds is 2. The van der Waals surface area contributed by atoms with Gasteiger partial charge in [0, 0.05) is 16.6 Å². The van der Waals surface area contributed by atoms with Gasteiger partial charge in [-0.05, 0) is 23.1 Å². The largest absolute Gasteiger partial charge is 0.398 e. The third-order valence-corrected chi connectivity index (χ3v) is 3.34. The molecule has 0 saturated heterocycles. The van der Waals surface area contributed by atoms with Gasteiger partial charge in [-0.2, -0.15) is 0 Å². The highest BCUT2D eigenvalue weighted by Gasteiger charge is 2.01. The third kappa shape index (κ3) is 2.28. The highest BCUT2D eigenvalue weighted by atomic mass is 19.1. The van der Waals surface area contributed by atoms with E-state index in [-0.39, 0.29) is 5.82 Å². The van der Waals surface area contributed by atoms with Crippen LogP contribution in [0.15, 0.2) is 60.7 Å². The van der Waals surface area contributed by atoms with Gasteiger partial charge in [0.1, 0.15) is 5.82 Å². The maximum absolute atomic E-state index is 13.6. The van der Waals surface area contributed by atoms with Crippen molar-refractivity contribution in [2.24, 2.45) is 0 Å². The second-order valence-corrected chi connectivity index (χ2v) is 4.64. The van der Waals surface area contributed by atoms with Gasteiger partial charge in [-0.3, -0.25) is 0 Å². The Morgan fingerprint density at radius 1 is 0.700 bits per heavy atom. The van der Waals surface area contributed by atoms with Crippen molar-refractivity contribution in [3.63, 3.8) is 0 Å². The first-order valence-corrected chi connectivity index (χ1v) is 6.45. The molecule has 2 N–H and O–H groups in total. The summed E-state index contributed by atoms with van der Waals surface area (Å²) < 4.78 is 13.6. The quantitative estimate of drug-likeness (QED) is 0.525. The van der Waals surface area contributed by atoms with Crippen molar-refractivity contribution >= 4 is 28.6 Å². The summed E-state index contributed by atoms with van der Waals surface area (Å²) in [5.41, 5.74) is 8.33. The standard InChI is InChI=1S/C18H14FN/c19-17-8-4-1-5-14(17)10-9-13-11-12-18(20)16-7-3-2-6-15(13)16/h1-12H,20H2/b10-9+. The fraction of sp³-hybridized carbons (Fsp3) is 0. The van der Waals surface area contributed by atoms with Gasteiger partial charge in [-0.25, -0.2) is 4.39 Å². The first-order chi connectivity index (χ1) is 9.75. The number of anilines is 1. The molecule has 0 aliphatic heterocycles. The van der Waals surface area contributed by atoms with Crippen molar-refractivity contribution in [1.82, 2.24) is 0 Å². The molecular weight excluding hydrogens is 249 g/mol. The Morgan fingerprint density at radius 3 is 2.15 bits per heavy atom. The number of nitrogen functional groups attached to an aromatic ring is 1. The lowest BCUT2D eigenvalue weighted by Crippen LogP contribution is -1.88. The average Bonchev–Trinajstić information content (AvgIpc) is 2.48. The van der Waals surface area contributed by atoms with E-state index in [0.29, 0.717) is 5.56 Å². The smallest absolute Gasteiger partial charge is 0.130 e. The molecule has 3 aromatic rings. The Hall–Kier alpha value is -2.61. The molecule has 0 spiro atoms. The Balaban J connectivity index is 2.08. The van der Waals surface area contributed by atoms with Crippen LogP contribution in [0.2, 0.25) is 0 Å². The van der Waals surface area contributed by atoms with E-state index >= 15 is 0 Å². The maximum atomic E-state index is 13.6. The first kappa shape index (κ1) is 12.4. The summed E-state index contributed by atoms with van der Waals surface area (Å²) in [6, 6.07) is 18.5. The molecule has 0 radical (unpaired) electrons. The first-order valence-electron chi connectivity index (χ1n) is 6.45. The average molecular weight is 263 g/mol. The van der Waals surface area contributed by atoms with Gasteiger partial charge in [-0.15, -0.1) is 0 Å². The normalized spacial score (nSPS) is 11.2. The van der Waals surface area contributed by atoms with Gasteiger partial charge in [0.25, 0.3) is 0 Å². The van der Waals surface area contributed by atoms with Crippen LogP contribution in [-0.2, 0) is 0 Å². The van der Waals surface area contributed by atoms with Gasteiger partial charge in [0.15, 0.2) is 0 Å². The van der Waals surface area contributed by atoms with Gasteiger partial charge in [0.05, 0.1) is 0 Å². The lowest BCUT2D eigenvalue weighted by Gasteiger charge is -2.05. The van der Waals surface area contributed by atoms with E-state index < -0.39 is 0 Å². The van der Waals surface area contributed by atoms with Crippen molar-refractivity contribution in [1.29, 1.82) is 0 Å². The van der Waals surface area contributed by atoms with E-state index in [1.54, 1.807) is 18.2 Å². The van der Waals surface area contributed by atoms with E-state index in [2.05, 4.69) is 0 Å². The van der Waals surface area contributed by atoms with Crippen molar-refractivity contribution < 1.29 is 4.39 Å². The molecule has 1 nitrogen and oxygen atoms in total. The molecule has 0 bridgehead atoms. The van der Waals surface area contributed by atoms with Gasteiger partial charge in [0.2, 0.25) is 0 Å². The molecule has 0 heterocycles. The molecule has 98 valence electrons. The van der Waals surface area contributed by atoms with Crippen LogP contribution >= 0.6 is 0 Å². The molecule has 3 rings (SSSR count). The van der Waals surface area contributed by atoms with Crippen LogP contribution in [0.1, 0.15) is 11.1 Å². The predicted molar refractivity (Wildman–Crippen MR) is 83.7 cm³/mol. The molecule has 0 aliphatic rings. The zero-order chi connectivity index (χ0) is 13.9. The highest BCUT2D eigenvalue weighted by molar-refractivity contribution is 5.99. The number of halogens is 1. The molecule has 3 aromatic carbocycles. The summed E-state index contributed by atoms with van der Waals surface area (Å²) >= 11 is 0. The van der Waals surface area contributed by atoms with Crippen LogP contribution in [0.4, 0.5) is 10.1 Å². The fourth-order valence-corrected chi connectivity index (χ4v) is 2.28. The molecule has 0 saturated carbocycles. The predicted octanol–water partition coefficient (Wildman–Crippen LogP) is 4.73. The van der Waals surface area contributed by atoms with Crippen LogP contribution in [0.5, 0.6) is 0 Å². The number of hydrogen-bond donors (Lipinski definition) is 1. The zero-order valence-corrected chi connectivity index (χ0v) is 10.9. The molecule has 2 heteroatoms. The molecule has 0 aliphatic carbocycles. The fourth-order valence-electron chi connectivity index (χ4n) is 2.28. The number of hydrogen-bond acceptors (Lipinski definition) is 1. The number of nitrogens with two attached hydrogens (primary N) is 1. The van der Waals surface area contributed by atoms with Crippen LogP contribution in [0.25, 0.3) is 22.9 Å². The molecule has 0 fully saturated rings. The van der Waals surface area contributed by atoms with Crippen molar-refractivity contribution in [3.8, 4) is 0 Å². The molecule has 0 atom stereocenters. The molecule has 0 aromatic heterocycles. The summed E-state index contributed by atoms with van der Waals surface area (Å²) in [6.07, 6.45) is 3.70. The van der Waals surface area contributed by atoms with Gasteiger partial charge < -0.3 is 5.73 Å². The van der Waals surface area contributed by atoms with E-state index in [4.69, 9.17) is 5.73 Å². The summed E-state index contributed by atoms with van der Waals surface area (Å²) in [4.78, 5) is 0. The Labute approximate surface area is 117 Å². The summed E-state index contributed by atoms with van der Waals surface area (Å²) in [6.45, 7) is 0. The maximum Gasteiger partial charge on any atom is 0.130 e. The number of fused-ring (bicyclic) bond motifs is 1. The zero-order valence-electron chi connectivity index (χ0n) is 10.9. The minimum absolute atomic E-state index is 0.219. The third-order valence-electron chi connectivity index (χ3n) is 3.34. The Bertz CT molecular complexity index is 790. The van der Waals surface area contributed by atoms with Crippen molar-refractivity contribution in [2.75, 3.05) is 5.73 Å². The van der Waals surface area contributed by atoms with Crippen LogP contribution in [0, 0.1) is 5.82 Å². The highest BCUT2D eigenvalue weighted by Crippen LogP contribution is 2.26. The van der Waals surface area contributed by atoms with E-state index in [1.807, 2.05) is 48.5 Å². The van der Waals surface area contributed by atoms with Crippen LogP contribution < -0.4 is 5.73 Å². The van der Waals surface area contributed by atoms with Crippen LogP contribution in [0.3, 0.4) is 0 Å². The van der Waals surface area contributed by atoms with E-state index in [9.17, 15) is 4.39 Å². The van der Waals surface area contributed by atoms with Crippen molar-refractivity contribution in [3.05, 3.63) is 77.6 Å². The van der Waals surface area contributed by atoms with E-state index in [1.165, 1.54) is 6.07 Å². The second-order valence-electron chi connectivity index (χ2n) is 4.64. The van der Waals surface area contributed by atoms with Gasteiger partial charge in [-0.1, -0.05) is 60.7 Å². The second kappa shape index (κ2) is 5.17. The number of benzene rings is 3. The SMILES string of the molecule is Nc1ccc(/C=C/c2ccccc2F)c2ccccc12. The topological polar surface area (TPSA) is 26.0 Å². The Kier molecular flexibility index (Phi) is 3.21. The molecule has 0 unspecified atom stereocenters. The molecule has 20 heavy (non-hydrogen) atoms. The summed E-state index contributed by atoms with van der Waals surface area (Å²) in [5, 5.41) is 2.09. The lowest BCUT2D eigenvalue weighted by molar-refractivity contribution is 0.625. The minimum Gasteiger partial charge on any atom is -0.398 e. The summed E-state index contributed by atoms with van der Waals surface area (Å²) in [5.74, 6) is -0.219.